The van der Waals surface area contributed by atoms with Crippen molar-refractivity contribution < 1.29 is 19.0 Å². The topological polar surface area (TPSA) is 68.8 Å². The Bertz CT molecular complexity index is 457. The molecule has 2 amide bonds. The van der Waals surface area contributed by atoms with E-state index in [1.807, 2.05) is 6.92 Å². The van der Waals surface area contributed by atoms with Crippen LogP contribution in [0.5, 0.6) is 5.75 Å². The van der Waals surface area contributed by atoms with Crippen LogP contribution in [0.15, 0.2) is 18.2 Å². The monoisotopic (exact) mass is 330 g/mol. The van der Waals surface area contributed by atoms with Crippen molar-refractivity contribution in [2.45, 2.75) is 13.3 Å². The summed E-state index contributed by atoms with van der Waals surface area (Å²) in [7, 11) is 1.62. The zero-order valence-corrected chi connectivity index (χ0v) is 13.7. The quantitative estimate of drug-likeness (QED) is 0.647. The number of para-hydroxylation sites is 1. The molecule has 0 aliphatic carbocycles. The maximum absolute atomic E-state index is 11.8. The molecule has 7 heteroatoms. The maximum Gasteiger partial charge on any atom is 0.319 e. The number of anilines is 1. The molecule has 1 aromatic rings. The highest BCUT2D eigenvalue weighted by Crippen LogP contribution is 2.32. The predicted octanol–water partition coefficient (Wildman–Crippen LogP) is 2.91. The van der Waals surface area contributed by atoms with Crippen LogP contribution in [-0.2, 0) is 9.47 Å². The molecule has 0 aliphatic heterocycles. The van der Waals surface area contributed by atoms with Crippen LogP contribution < -0.4 is 15.4 Å². The van der Waals surface area contributed by atoms with Gasteiger partial charge in [-0.3, -0.25) is 0 Å². The molecule has 0 bridgehead atoms. The summed E-state index contributed by atoms with van der Waals surface area (Å²) in [6.45, 7) is 4.49. The molecule has 0 fully saturated rings. The Morgan fingerprint density at radius 1 is 1.27 bits per heavy atom. The molecule has 0 atom stereocenters. The second-order valence-electron chi connectivity index (χ2n) is 4.39. The number of benzene rings is 1. The molecule has 2 N–H and O–H groups in total. The fraction of sp³-hybridized carbons (Fsp3) is 0.533. The van der Waals surface area contributed by atoms with E-state index in [0.29, 0.717) is 49.4 Å². The number of rotatable bonds is 10. The van der Waals surface area contributed by atoms with Gasteiger partial charge in [0.25, 0.3) is 0 Å². The fourth-order valence-corrected chi connectivity index (χ4v) is 1.91. The zero-order valence-electron chi connectivity index (χ0n) is 13.0. The van der Waals surface area contributed by atoms with E-state index in [2.05, 4.69) is 10.6 Å². The Morgan fingerprint density at radius 3 is 2.82 bits per heavy atom. The first kappa shape index (κ1) is 18.5. The van der Waals surface area contributed by atoms with Gasteiger partial charge in [-0.1, -0.05) is 17.7 Å². The second-order valence-corrected chi connectivity index (χ2v) is 4.80. The number of amides is 2. The summed E-state index contributed by atoms with van der Waals surface area (Å²) in [5.41, 5.74) is 0.522. The number of ether oxygens (including phenoxy) is 3. The number of carbonyl (C=O) groups is 1. The molecule has 124 valence electrons. The average Bonchev–Trinajstić information content (AvgIpc) is 2.50. The normalized spacial score (nSPS) is 10.3. The molecule has 0 spiro atoms. The lowest BCUT2D eigenvalue weighted by Gasteiger charge is -2.14. The van der Waals surface area contributed by atoms with Gasteiger partial charge in [0.1, 0.15) is 6.61 Å². The molecule has 1 aromatic carbocycles. The Balaban J connectivity index is 2.53. The van der Waals surface area contributed by atoms with Crippen molar-refractivity contribution in [3.05, 3.63) is 23.2 Å². The minimum atomic E-state index is -0.312. The third-order valence-corrected chi connectivity index (χ3v) is 3.00. The molecule has 0 saturated carbocycles. The highest BCUT2D eigenvalue weighted by molar-refractivity contribution is 6.32. The van der Waals surface area contributed by atoms with Crippen LogP contribution in [0.4, 0.5) is 10.5 Å². The van der Waals surface area contributed by atoms with Crippen molar-refractivity contribution in [3.8, 4) is 5.75 Å². The van der Waals surface area contributed by atoms with Crippen molar-refractivity contribution in [1.29, 1.82) is 0 Å². The number of halogens is 1. The van der Waals surface area contributed by atoms with Crippen LogP contribution in [0.2, 0.25) is 5.02 Å². The van der Waals surface area contributed by atoms with E-state index < -0.39 is 0 Å². The smallest absolute Gasteiger partial charge is 0.319 e. The van der Waals surface area contributed by atoms with Gasteiger partial charge in [-0.2, -0.15) is 0 Å². The molecule has 0 heterocycles. The van der Waals surface area contributed by atoms with Crippen molar-refractivity contribution in [3.63, 3.8) is 0 Å². The van der Waals surface area contributed by atoms with E-state index >= 15 is 0 Å². The van der Waals surface area contributed by atoms with Crippen LogP contribution in [0, 0.1) is 0 Å². The zero-order chi connectivity index (χ0) is 16.2. The van der Waals surface area contributed by atoms with Crippen LogP contribution in [-0.4, -0.2) is 46.1 Å². The first-order chi connectivity index (χ1) is 10.7. The SMILES string of the molecule is CCOCCOc1c(Cl)cccc1NC(=O)NCCCOC. The number of hydrogen-bond donors (Lipinski definition) is 2. The minimum absolute atomic E-state index is 0.312. The Labute approximate surface area is 136 Å². The summed E-state index contributed by atoms with van der Waals surface area (Å²) in [6.07, 6.45) is 0.747. The molecule has 22 heavy (non-hydrogen) atoms. The second kappa shape index (κ2) is 11.1. The van der Waals surface area contributed by atoms with Crippen LogP contribution in [0.25, 0.3) is 0 Å². The van der Waals surface area contributed by atoms with Crippen molar-refractivity contribution >= 4 is 23.3 Å². The standard InChI is InChI=1S/C15H23ClN2O4/c1-3-21-10-11-22-14-12(16)6-4-7-13(14)18-15(19)17-8-5-9-20-2/h4,6-7H,3,5,8-11H2,1-2H3,(H2,17,18,19). The minimum Gasteiger partial charge on any atom is -0.487 e. The van der Waals surface area contributed by atoms with E-state index in [-0.39, 0.29) is 6.03 Å². The summed E-state index contributed by atoms with van der Waals surface area (Å²) in [6, 6.07) is 4.88. The molecule has 0 aromatic heterocycles. The molecule has 0 aliphatic rings. The van der Waals surface area contributed by atoms with Crippen LogP contribution >= 0.6 is 11.6 Å². The molecule has 0 saturated heterocycles. The summed E-state index contributed by atoms with van der Waals surface area (Å²) in [5.74, 6) is 0.441. The maximum atomic E-state index is 11.8. The first-order valence-electron chi connectivity index (χ1n) is 7.21. The van der Waals surface area contributed by atoms with Gasteiger partial charge in [0.15, 0.2) is 5.75 Å². The first-order valence-corrected chi connectivity index (χ1v) is 7.59. The van der Waals surface area contributed by atoms with Crippen LogP contribution in [0.1, 0.15) is 13.3 Å². The lowest BCUT2D eigenvalue weighted by atomic mass is 10.3. The van der Waals surface area contributed by atoms with E-state index in [4.69, 9.17) is 25.8 Å². The van der Waals surface area contributed by atoms with Crippen molar-refractivity contribution in [1.82, 2.24) is 5.32 Å². The largest absolute Gasteiger partial charge is 0.487 e. The van der Waals surface area contributed by atoms with Gasteiger partial charge in [0.2, 0.25) is 0 Å². The highest BCUT2D eigenvalue weighted by Gasteiger charge is 2.11. The third kappa shape index (κ3) is 6.98. The van der Waals surface area contributed by atoms with Gasteiger partial charge in [0, 0.05) is 26.9 Å². The van der Waals surface area contributed by atoms with Crippen molar-refractivity contribution in [2.75, 3.05) is 45.4 Å². The van der Waals surface area contributed by atoms with E-state index in [0.717, 1.165) is 6.42 Å². The highest BCUT2D eigenvalue weighted by atomic mass is 35.5. The molecule has 6 nitrogen and oxygen atoms in total. The third-order valence-electron chi connectivity index (χ3n) is 2.70. The Morgan fingerprint density at radius 2 is 2.09 bits per heavy atom. The Kier molecular flexibility index (Phi) is 9.37. The average molecular weight is 331 g/mol. The number of methoxy groups -OCH3 is 1. The lowest BCUT2D eigenvalue weighted by Crippen LogP contribution is -2.30. The number of nitrogens with one attached hydrogen (secondary N) is 2. The molecular weight excluding hydrogens is 308 g/mol. The molecule has 1 rings (SSSR count). The fourth-order valence-electron chi connectivity index (χ4n) is 1.69. The van der Waals surface area contributed by atoms with Gasteiger partial charge >= 0.3 is 6.03 Å². The summed E-state index contributed by atoms with van der Waals surface area (Å²) in [5, 5.41) is 5.90. The van der Waals surface area contributed by atoms with E-state index in [1.165, 1.54) is 0 Å². The van der Waals surface area contributed by atoms with E-state index in [1.54, 1.807) is 25.3 Å². The lowest BCUT2D eigenvalue weighted by molar-refractivity contribution is 0.110. The van der Waals surface area contributed by atoms with Crippen molar-refractivity contribution in [2.24, 2.45) is 0 Å². The molecule has 0 radical (unpaired) electrons. The number of hydrogen-bond acceptors (Lipinski definition) is 4. The summed E-state index contributed by atoms with van der Waals surface area (Å²) < 4.78 is 15.7. The molecule has 0 unspecified atom stereocenters. The van der Waals surface area contributed by atoms with Crippen LogP contribution in [0.3, 0.4) is 0 Å². The predicted molar refractivity (Wildman–Crippen MR) is 87.0 cm³/mol. The van der Waals surface area contributed by atoms with Gasteiger partial charge in [-0.25, -0.2) is 4.79 Å². The van der Waals surface area contributed by atoms with Gasteiger partial charge in [0.05, 0.1) is 17.3 Å². The summed E-state index contributed by atoms with van der Waals surface area (Å²) >= 11 is 6.12. The summed E-state index contributed by atoms with van der Waals surface area (Å²) in [4.78, 5) is 11.8. The van der Waals surface area contributed by atoms with Gasteiger partial charge in [-0.05, 0) is 25.5 Å². The number of urea groups is 1. The van der Waals surface area contributed by atoms with E-state index in [9.17, 15) is 4.79 Å². The number of carbonyl (C=O) groups excluding carboxylic acids is 1. The Hall–Kier alpha value is -1.50. The van der Waals surface area contributed by atoms with Gasteiger partial charge < -0.3 is 24.8 Å². The van der Waals surface area contributed by atoms with Gasteiger partial charge in [-0.15, -0.1) is 0 Å². The molecular formula is C15H23ClN2O4.